The molecule has 0 aliphatic carbocycles. The number of hydrogen-bond donors (Lipinski definition) is 0. The van der Waals surface area contributed by atoms with E-state index in [9.17, 15) is 0 Å². The number of aromatic nitrogens is 2. The second kappa shape index (κ2) is 7.30. The molecule has 2 aromatic carbocycles. The number of nitrogens with zero attached hydrogens (tertiary/aromatic N) is 3. The zero-order chi connectivity index (χ0) is 17.9. The standard InChI is InChI=1S/C21H23N3O2/c1-15-5-3-6-17(13-15)21-23-22-20(26-21)14-24-12-4-7-19(24)16-8-10-18(25-2)11-9-16/h3,5-6,8-11,13,19H,4,7,12,14H2,1-2H3. The van der Waals surface area contributed by atoms with Crippen molar-refractivity contribution in [2.45, 2.75) is 32.4 Å². The van der Waals surface area contributed by atoms with Crippen molar-refractivity contribution in [3.05, 3.63) is 65.5 Å². The van der Waals surface area contributed by atoms with E-state index in [1.54, 1.807) is 7.11 Å². The van der Waals surface area contributed by atoms with Crippen molar-refractivity contribution < 1.29 is 9.15 Å². The van der Waals surface area contributed by atoms with E-state index in [0.29, 0.717) is 24.4 Å². The number of rotatable bonds is 5. The summed E-state index contributed by atoms with van der Waals surface area (Å²) in [4.78, 5) is 2.41. The normalized spacial score (nSPS) is 17.5. The van der Waals surface area contributed by atoms with Crippen molar-refractivity contribution in [2.24, 2.45) is 0 Å². The van der Waals surface area contributed by atoms with Crippen LogP contribution in [0.2, 0.25) is 0 Å². The molecule has 0 spiro atoms. The van der Waals surface area contributed by atoms with Gasteiger partial charge in [0.05, 0.1) is 13.7 Å². The highest BCUT2D eigenvalue weighted by molar-refractivity contribution is 5.53. The molecule has 0 N–H and O–H groups in total. The van der Waals surface area contributed by atoms with E-state index >= 15 is 0 Å². The van der Waals surface area contributed by atoms with E-state index in [0.717, 1.165) is 24.3 Å². The summed E-state index contributed by atoms with van der Waals surface area (Å²) in [6.45, 7) is 3.78. The summed E-state index contributed by atoms with van der Waals surface area (Å²) in [5.41, 5.74) is 3.46. The van der Waals surface area contributed by atoms with Gasteiger partial charge in [0.25, 0.3) is 0 Å². The number of methoxy groups -OCH3 is 1. The second-order valence-electron chi connectivity index (χ2n) is 6.77. The number of aryl methyl sites for hydroxylation is 1. The molecule has 26 heavy (non-hydrogen) atoms. The monoisotopic (exact) mass is 349 g/mol. The molecule has 0 amide bonds. The molecule has 1 unspecified atom stereocenters. The maximum absolute atomic E-state index is 5.92. The molecule has 1 atom stereocenters. The Morgan fingerprint density at radius 1 is 1.15 bits per heavy atom. The Kier molecular flexibility index (Phi) is 4.71. The van der Waals surface area contributed by atoms with Crippen molar-refractivity contribution in [2.75, 3.05) is 13.7 Å². The maximum Gasteiger partial charge on any atom is 0.247 e. The lowest BCUT2D eigenvalue weighted by Crippen LogP contribution is -2.22. The van der Waals surface area contributed by atoms with E-state index in [2.05, 4.69) is 46.3 Å². The highest BCUT2D eigenvalue weighted by Crippen LogP contribution is 2.34. The smallest absolute Gasteiger partial charge is 0.247 e. The first-order valence-electron chi connectivity index (χ1n) is 9.00. The molecule has 3 aromatic rings. The number of likely N-dealkylation sites (tertiary alicyclic amines) is 1. The van der Waals surface area contributed by atoms with Gasteiger partial charge in [-0.3, -0.25) is 4.90 Å². The van der Waals surface area contributed by atoms with Gasteiger partial charge in [0.1, 0.15) is 5.75 Å². The predicted octanol–water partition coefficient (Wildman–Crippen LogP) is 4.39. The molecule has 0 saturated carbocycles. The lowest BCUT2D eigenvalue weighted by Gasteiger charge is -2.23. The Hall–Kier alpha value is -2.66. The maximum atomic E-state index is 5.92. The van der Waals surface area contributed by atoms with Crippen LogP contribution in [-0.2, 0) is 6.54 Å². The highest BCUT2D eigenvalue weighted by atomic mass is 16.5. The minimum atomic E-state index is 0.384. The summed E-state index contributed by atoms with van der Waals surface area (Å²) in [6, 6.07) is 16.9. The first-order chi connectivity index (χ1) is 12.7. The molecule has 134 valence electrons. The fourth-order valence-corrected chi connectivity index (χ4v) is 3.60. The van der Waals surface area contributed by atoms with Crippen LogP contribution in [0.3, 0.4) is 0 Å². The van der Waals surface area contributed by atoms with E-state index < -0.39 is 0 Å². The Morgan fingerprint density at radius 2 is 2.00 bits per heavy atom. The summed E-state index contributed by atoms with van der Waals surface area (Å²) < 4.78 is 11.2. The van der Waals surface area contributed by atoms with Crippen molar-refractivity contribution in [1.29, 1.82) is 0 Å². The predicted molar refractivity (Wildman–Crippen MR) is 99.9 cm³/mol. The van der Waals surface area contributed by atoms with Crippen LogP contribution in [0.5, 0.6) is 5.75 Å². The third kappa shape index (κ3) is 3.48. The van der Waals surface area contributed by atoms with Crippen LogP contribution in [0, 0.1) is 6.92 Å². The molecule has 1 aliphatic heterocycles. The molecule has 5 heteroatoms. The summed E-state index contributed by atoms with van der Waals surface area (Å²) in [5, 5.41) is 8.49. The van der Waals surface area contributed by atoms with E-state index in [-0.39, 0.29) is 0 Å². The summed E-state index contributed by atoms with van der Waals surface area (Å²) in [5.74, 6) is 2.14. The number of benzene rings is 2. The average molecular weight is 349 g/mol. The van der Waals surface area contributed by atoms with Crippen LogP contribution in [0.15, 0.2) is 52.9 Å². The second-order valence-corrected chi connectivity index (χ2v) is 6.77. The van der Waals surface area contributed by atoms with Gasteiger partial charge in [-0.2, -0.15) is 0 Å². The molecular formula is C21H23N3O2. The van der Waals surface area contributed by atoms with Crippen LogP contribution >= 0.6 is 0 Å². The minimum absolute atomic E-state index is 0.384. The van der Waals surface area contributed by atoms with E-state index in [4.69, 9.17) is 9.15 Å². The Morgan fingerprint density at radius 3 is 2.77 bits per heavy atom. The van der Waals surface area contributed by atoms with Crippen molar-refractivity contribution >= 4 is 0 Å². The number of ether oxygens (including phenoxy) is 1. The Balaban J connectivity index is 1.49. The van der Waals surface area contributed by atoms with Crippen LogP contribution in [0.25, 0.3) is 11.5 Å². The summed E-state index contributed by atoms with van der Waals surface area (Å²) in [6.07, 6.45) is 2.32. The van der Waals surface area contributed by atoms with Gasteiger partial charge in [0, 0.05) is 11.6 Å². The molecule has 1 aliphatic rings. The molecule has 0 bridgehead atoms. The topological polar surface area (TPSA) is 51.4 Å². The van der Waals surface area contributed by atoms with Crippen LogP contribution in [0.4, 0.5) is 0 Å². The first-order valence-corrected chi connectivity index (χ1v) is 9.00. The zero-order valence-electron chi connectivity index (χ0n) is 15.2. The molecule has 1 aromatic heterocycles. The van der Waals surface area contributed by atoms with E-state index in [1.165, 1.54) is 17.5 Å². The van der Waals surface area contributed by atoms with Gasteiger partial charge < -0.3 is 9.15 Å². The SMILES string of the molecule is COc1ccc(C2CCCN2Cc2nnc(-c3cccc(C)c3)o2)cc1. The van der Waals surface area contributed by atoms with Gasteiger partial charge in [-0.25, -0.2) is 0 Å². The molecule has 4 rings (SSSR count). The average Bonchev–Trinajstić information content (AvgIpc) is 3.32. The van der Waals surface area contributed by atoms with Crippen LogP contribution < -0.4 is 4.74 Å². The van der Waals surface area contributed by atoms with Crippen molar-refractivity contribution in [1.82, 2.24) is 15.1 Å². The molecule has 1 saturated heterocycles. The quantitative estimate of drug-likeness (QED) is 0.684. The van der Waals surface area contributed by atoms with Gasteiger partial charge in [0.2, 0.25) is 11.8 Å². The van der Waals surface area contributed by atoms with Crippen molar-refractivity contribution in [3.8, 4) is 17.2 Å². The summed E-state index contributed by atoms with van der Waals surface area (Å²) >= 11 is 0. The van der Waals surface area contributed by atoms with Gasteiger partial charge >= 0.3 is 0 Å². The molecule has 5 nitrogen and oxygen atoms in total. The van der Waals surface area contributed by atoms with Crippen LogP contribution in [-0.4, -0.2) is 28.8 Å². The largest absolute Gasteiger partial charge is 0.497 e. The molecule has 1 fully saturated rings. The fraction of sp³-hybridized carbons (Fsp3) is 0.333. The van der Waals surface area contributed by atoms with Gasteiger partial charge in [-0.05, 0) is 56.1 Å². The van der Waals surface area contributed by atoms with Gasteiger partial charge in [-0.1, -0.05) is 29.8 Å². The fourth-order valence-electron chi connectivity index (χ4n) is 3.60. The zero-order valence-corrected chi connectivity index (χ0v) is 15.2. The third-order valence-electron chi connectivity index (χ3n) is 4.93. The molecule has 0 radical (unpaired) electrons. The minimum Gasteiger partial charge on any atom is -0.497 e. The van der Waals surface area contributed by atoms with Gasteiger partial charge in [0.15, 0.2) is 0 Å². The highest BCUT2D eigenvalue weighted by Gasteiger charge is 2.27. The van der Waals surface area contributed by atoms with Crippen LogP contribution in [0.1, 0.15) is 35.9 Å². The summed E-state index contributed by atoms with van der Waals surface area (Å²) in [7, 11) is 1.69. The molecular weight excluding hydrogens is 326 g/mol. The Labute approximate surface area is 153 Å². The van der Waals surface area contributed by atoms with Gasteiger partial charge in [-0.15, -0.1) is 10.2 Å². The Bertz CT molecular complexity index is 873. The first kappa shape index (κ1) is 16.8. The lowest BCUT2D eigenvalue weighted by molar-refractivity contribution is 0.224. The van der Waals surface area contributed by atoms with Crippen molar-refractivity contribution in [3.63, 3.8) is 0 Å². The number of hydrogen-bond acceptors (Lipinski definition) is 5. The van der Waals surface area contributed by atoms with E-state index in [1.807, 2.05) is 24.3 Å². The third-order valence-corrected chi connectivity index (χ3v) is 4.93. The molecule has 2 heterocycles. The lowest BCUT2D eigenvalue weighted by atomic mass is 10.0.